The van der Waals surface area contributed by atoms with E-state index in [-0.39, 0.29) is 11.7 Å². The van der Waals surface area contributed by atoms with Crippen LogP contribution >= 0.6 is 23.2 Å². The predicted molar refractivity (Wildman–Crippen MR) is 81.8 cm³/mol. The molecule has 0 saturated heterocycles. The minimum absolute atomic E-state index is 0.167. The molecule has 0 heterocycles. The SMILES string of the molecule is CC(C)CC(CN)CC(=O)Cc1cc(Cl)ccc1Cl. The lowest BCUT2D eigenvalue weighted by Gasteiger charge is -2.16. The number of benzene rings is 1. The van der Waals surface area contributed by atoms with Gasteiger partial charge in [0.1, 0.15) is 5.78 Å². The number of halogens is 2. The summed E-state index contributed by atoms with van der Waals surface area (Å²) < 4.78 is 0. The Bertz CT molecular complexity index is 432. The van der Waals surface area contributed by atoms with Gasteiger partial charge in [0.25, 0.3) is 0 Å². The van der Waals surface area contributed by atoms with Crippen LogP contribution in [0.2, 0.25) is 10.0 Å². The Hall–Kier alpha value is -0.570. The van der Waals surface area contributed by atoms with Crippen LogP contribution in [0, 0.1) is 11.8 Å². The van der Waals surface area contributed by atoms with Crippen molar-refractivity contribution < 1.29 is 4.79 Å². The highest BCUT2D eigenvalue weighted by Crippen LogP contribution is 2.23. The van der Waals surface area contributed by atoms with Gasteiger partial charge in [-0.05, 0) is 48.6 Å². The van der Waals surface area contributed by atoms with E-state index in [9.17, 15) is 4.79 Å². The fourth-order valence-electron chi connectivity index (χ4n) is 2.21. The lowest BCUT2D eigenvalue weighted by Crippen LogP contribution is -2.20. The molecule has 2 nitrogen and oxygen atoms in total. The third-order valence-electron chi connectivity index (χ3n) is 3.05. The lowest BCUT2D eigenvalue weighted by atomic mass is 9.91. The van der Waals surface area contributed by atoms with E-state index < -0.39 is 0 Å². The van der Waals surface area contributed by atoms with Crippen LogP contribution in [0.5, 0.6) is 0 Å². The van der Waals surface area contributed by atoms with Crippen molar-refractivity contribution in [2.45, 2.75) is 33.1 Å². The van der Waals surface area contributed by atoms with Crippen molar-refractivity contribution >= 4 is 29.0 Å². The highest BCUT2D eigenvalue weighted by molar-refractivity contribution is 6.33. The number of carbonyl (C=O) groups is 1. The number of rotatable bonds is 7. The van der Waals surface area contributed by atoms with Gasteiger partial charge in [-0.2, -0.15) is 0 Å². The molecule has 1 aromatic carbocycles. The second kappa shape index (κ2) is 7.88. The Labute approximate surface area is 125 Å². The monoisotopic (exact) mass is 301 g/mol. The molecule has 0 aliphatic rings. The Kier molecular flexibility index (Phi) is 6.84. The zero-order valence-electron chi connectivity index (χ0n) is 11.5. The Morgan fingerprint density at radius 1 is 1.32 bits per heavy atom. The number of hydrogen-bond donors (Lipinski definition) is 1. The van der Waals surface area contributed by atoms with Crippen molar-refractivity contribution in [1.82, 2.24) is 0 Å². The molecule has 19 heavy (non-hydrogen) atoms. The topological polar surface area (TPSA) is 43.1 Å². The van der Waals surface area contributed by atoms with E-state index in [0.717, 1.165) is 12.0 Å². The first-order chi connectivity index (χ1) is 8.92. The normalized spacial score (nSPS) is 12.7. The van der Waals surface area contributed by atoms with Crippen LogP contribution in [0.1, 0.15) is 32.3 Å². The average Bonchev–Trinajstić information content (AvgIpc) is 2.32. The van der Waals surface area contributed by atoms with Crippen molar-refractivity contribution in [2.75, 3.05) is 6.54 Å². The van der Waals surface area contributed by atoms with Gasteiger partial charge in [-0.1, -0.05) is 37.0 Å². The fourth-order valence-corrected chi connectivity index (χ4v) is 2.59. The fraction of sp³-hybridized carbons (Fsp3) is 0.533. The van der Waals surface area contributed by atoms with Gasteiger partial charge in [-0.15, -0.1) is 0 Å². The molecular weight excluding hydrogens is 281 g/mol. The maximum atomic E-state index is 12.1. The standard InChI is InChI=1S/C15H21Cl2NO/c1-10(2)5-11(9-18)6-14(19)8-12-7-13(16)3-4-15(12)17/h3-4,7,10-11H,5-6,8-9,18H2,1-2H3. The van der Waals surface area contributed by atoms with Crippen LogP contribution in [0.25, 0.3) is 0 Å². The molecule has 0 spiro atoms. The van der Waals surface area contributed by atoms with Gasteiger partial charge in [-0.3, -0.25) is 4.79 Å². The minimum atomic E-state index is 0.167. The molecule has 0 bridgehead atoms. The summed E-state index contributed by atoms with van der Waals surface area (Å²) in [5, 5.41) is 1.19. The highest BCUT2D eigenvalue weighted by Gasteiger charge is 2.15. The van der Waals surface area contributed by atoms with E-state index in [4.69, 9.17) is 28.9 Å². The van der Waals surface area contributed by atoms with Crippen LogP contribution in [0.15, 0.2) is 18.2 Å². The smallest absolute Gasteiger partial charge is 0.137 e. The van der Waals surface area contributed by atoms with Crippen LogP contribution in [0.3, 0.4) is 0 Å². The third-order valence-corrected chi connectivity index (χ3v) is 3.65. The molecule has 2 N–H and O–H groups in total. The van der Waals surface area contributed by atoms with Crippen molar-refractivity contribution in [3.8, 4) is 0 Å². The summed E-state index contributed by atoms with van der Waals surface area (Å²) in [4.78, 5) is 12.1. The summed E-state index contributed by atoms with van der Waals surface area (Å²) in [7, 11) is 0. The molecule has 1 aromatic rings. The van der Waals surface area contributed by atoms with E-state index in [1.807, 2.05) is 0 Å². The Balaban J connectivity index is 2.61. The minimum Gasteiger partial charge on any atom is -0.330 e. The van der Waals surface area contributed by atoms with E-state index in [1.165, 1.54) is 0 Å². The first-order valence-electron chi connectivity index (χ1n) is 6.58. The molecule has 106 valence electrons. The Morgan fingerprint density at radius 2 is 2.00 bits per heavy atom. The van der Waals surface area contributed by atoms with E-state index in [2.05, 4.69) is 13.8 Å². The second-order valence-electron chi connectivity index (χ2n) is 5.39. The molecule has 4 heteroatoms. The second-order valence-corrected chi connectivity index (χ2v) is 6.23. The first-order valence-corrected chi connectivity index (χ1v) is 7.33. The zero-order chi connectivity index (χ0) is 14.4. The molecule has 0 saturated carbocycles. The van der Waals surface area contributed by atoms with Gasteiger partial charge in [0.2, 0.25) is 0 Å². The van der Waals surface area contributed by atoms with Crippen molar-refractivity contribution in [1.29, 1.82) is 0 Å². The summed E-state index contributed by atoms with van der Waals surface area (Å²) in [6, 6.07) is 5.20. The molecule has 1 unspecified atom stereocenters. The van der Waals surface area contributed by atoms with Gasteiger partial charge in [0.15, 0.2) is 0 Å². The Morgan fingerprint density at radius 3 is 2.58 bits per heavy atom. The van der Waals surface area contributed by atoms with E-state index in [0.29, 0.717) is 35.3 Å². The largest absolute Gasteiger partial charge is 0.330 e. The maximum Gasteiger partial charge on any atom is 0.137 e. The quantitative estimate of drug-likeness (QED) is 0.823. The molecule has 1 atom stereocenters. The number of carbonyl (C=O) groups excluding carboxylic acids is 1. The summed E-state index contributed by atoms with van der Waals surface area (Å²) in [5.41, 5.74) is 6.51. The van der Waals surface area contributed by atoms with Gasteiger partial charge in [0.05, 0.1) is 0 Å². The van der Waals surface area contributed by atoms with Gasteiger partial charge < -0.3 is 5.73 Å². The summed E-state index contributed by atoms with van der Waals surface area (Å²) in [6.45, 7) is 4.83. The molecule has 0 aliphatic heterocycles. The maximum absolute atomic E-state index is 12.1. The van der Waals surface area contributed by atoms with Crippen LogP contribution in [-0.2, 0) is 11.2 Å². The molecule has 0 fully saturated rings. The van der Waals surface area contributed by atoms with Crippen molar-refractivity contribution in [2.24, 2.45) is 17.6 Å². The third kappa shape index (κ3) is 5.94. The van der Waals surface area contributed by atoms with Crippen LogP contribution < -0.4 is 5.73 Å². The highest BCUT2D eigenvalue weighted by atomic mass is 35.5. The van der Waals surface area contributed by atoms with Gasteiger partial charge >= 0.3 is 0 Å². The van der Waals surface area contributed by atoms with Crippen LogP contribution in [-0.4, -0.2) is 12.3 Å². The van der Waals surface area contributed by atoms with Gasteiger partial charge in [-0.25, -0.2) is 0 Å². The molecule has 0 amide bonds. The zero-order valence-corrected chi connectivity index (χ0v) is 13.0. The average molecular weight is 302 g/mol. The summed E-state index contributed by atoms with van der Waals surface area (Å²) >= 11 is 12.0. The number of ketones is 1. The molecular formula is C15H21Cl2NO. The van der Waals surface area contributed by atoms with Gasteiger partial charge in [0, 0.05) is 22.9 Å². The number of hydrogen-bond acceptors (Lipinski definition) is 2. The summed E-state index contributed by atoms with van der Waals surface area (Å²) in [6.07, 6.45) is 1.82. The van der Waals surface area contributed by atoms with E-state index >= 15 is 0 Å². The van der Waals surface area contributed by atoms with Crippen molar-refractivity contribution in [3.63, 3.8) is 0 Å². The molecule has 0 aromatic heterocycles. The van der Waals surface area contributed by atoms with Crippen molar-refractivity contribution in [3.05, 3.63) is 33.8 Å². The number of nitrogens with two attached hydrogens (primary N) is 1. The molecule has 0 aliphatic carbocycles. The first kappa shape index (κ1) is 16.5. The molecule has 1 rings (SSSR count). The summed E-state index contributed by atoms with van der Waals surface area (Å²) in [5.74, 6) is 0.974. The van der Waals surface area contributed by atoms with Crippen LogP contribution in [0.4, 0.5) is 0 Å². The number of Topliss-reactive ketones (excluding diaryl/α,β-unsaturated/α-hetero) is 1. The predicted octanol–water partition coefficient (Wildman–Crippen LogP) is 4.12. The molecule has 0 radical (unpaired) electrons. The lowest BCUT2D eigenvalue weighted by molar-refractivity contribution is -0.119. The van der Waals surface area contributed by atoms with E-state index in [1.54, 1.807) is 18.2 Å².